The van der Waals surface area contributed by atoms with E-state index in [9.17, 15) is 9.90 Å². The molecule has 2 heterocycles. The monoisotopic (exact) mass is 345 g/mol. The summed E-state index contributed by atoms with van der Waals surface area (Å²) in [6.45, 7) is 6.87. The Kier molecular flexibility index (Phi) is 4.99. The van der Waals surface area contributed by atoms with Gasteiger partial charge in [0.25, 0.3) is 0 Å². The number of fused-ring (bicyclic) bond motifs is 1. The molecule has 6 heteroatoms. The highest BCUT2D eigenvalue weighted by atomic mass is 16.6. The first-order chi connectivity index (χ1) is 11.9. The van der Waals surface area contributed by atoms with Crippen LogP contribution in [-0.4, -0.2) is 43.8 Å². The molecule has 1 atom stereocenters. The normalized spacial score (nSPS) is 18.6. The molecule has 1 N–H and O–H groups in total. The van der Waals surface area contributed by atoms with E-state index in [1.54, 1.807) is 0 Å². The maximum atomic E-state index is 12.6. The Hall–Kier alpha value is -2.08. The van der Waals surface area contributed by atoms with Crippen LogP contribution in [0.4, 0.5) is 4.79 Å². The van der Waals surface area contributed by atoms with E-state index >= 15 is 0 Å². The van der Waals surface area contributed by atoms with Crippen LogP contribution < -0.4 is 0 Å². The Balaban J connectivity index is 1.86. The lowest BCUT2D eigenvalue weighted by molar-refractivity contribution is 0.00775. The molecule has 1 fully saturated rings. The molecule has 25 heavy (non-hydrogen) atoms. The molecule has 2 aromatic rings. The molecular formula is C19H27N3O3. The highest BCUT2D eigenvalue weighted by Crippen LogP contribution is 2.24. The predicted octanol–water partition coefficient (Wildman–Crippen LogP) is 3.32. The van der Waals surface area contributed by atoms with Crippen LogP contribution >= 0.6 is 0 Å². The Morgan fingerprint density at radius 2 is 2.08 bits per heavy atom. The first-order valence-electron chi connectivity index (χ1n) is 8.93. The number of hydrogen-bond donors (Lipinski definition) is 1. The van der Waals surface area contributed by atoms with Crippen molar-refractivity contribution in [2.45, 2.75) is 64.8 Å². The zero-order valence-corrected chi connectivity index (χ0v) is 15.2. The first kappa shape index (κ1) is 17.7. The molecule has 0 bridgehead atoms. The van der Waals surface area contributed by atoms with Gasteiger partial charge in [0.1, 0.15) is 18.0 Å². The maximum Gasteiger partial charge on any atom is 0.410 e. The molecule has 1 aromatic carbocycles. The van der Waals surface area contributed by atoms with Crippen molar-refractivity contribution in [2.24, 2.45) is 0 Å². The summed E-state index contributed by atoms with van der Waals surface area (Å²) >= 11 is 0. The fourth-order valence-corrected chi connectivity index (χ4v) is 3.41. The number of likely N-dealkylation sites (tertiary alicyclic amines) is 1. The molecule has 1 aliphatic heterocycles. The van der Waals surface area contributed by atoms with Crippen molar-refractivity contribution in [2.75, 3.05) is 6.54 Å². The third-order valence-electron chi connectivity index (χ3n) is 4.52. The summed E-state index contributed by atoms with van der Waals surface area (Å²) in [4.78, 5) is 18.9. The molecule has 1 aromatic heterocycles. The number of imidazole rings is 1. The molecule has 136 valence electrons. The van der Waals surface area contributed by atoms with Gasteiger partial charge in [-0.3, -0.25) is 0 Å². The number of rotatable bonds is 3. The minimum absolute atomic E-state index is 0.0477. The van der Waals surface area contributed by atoms with Gasteiger partial charge in [0, 0.05) is 13.1 Å². The van der Waals surface area contributed by atoms with E-state index in [0.29, 0.717) is 18.9 Å². The lowest BCUT2D eigenvalue weighted by Gasteiger charge is -2.37. The van der Waals surface area contributed by atoms with Crippen molar-refractivity contribution in [3.05, 3.63) is 30.1 Å². The number of carbonyl (C=O) groups excluding carboxylic acids is 1. The highest BCUT2D eigenvalue weighted by Gasteiger charge is 2.31. The molecule has 0 radical (unpaired) electrons. The molecule has 0 saturated carbocycles. The molecule has 1 saturated heterocycles. The van der Waals surface area contributed by atoms with E-state index < -0.39 is 5.60 Å². The van der Waals surface area contributed by atoms with Crippen molar-refractivity contribution in [1.82, 2.24) is 14.5 Å². The summed E-state index contributed by atoms with van der Waals surface area (Å²) in [5.41, 5.74) is 1.35. The second-order valence-corrected chi connectivity index (χ2v) is 7.61. The molecular weight excluding hydrogens is 318 g/mol. The lowest BCUT2D eigenvalue weighted by Crippen LogP contribution is -2.48. The van der Waals surface area contributed by atoms with E-state index in [2.05, 4.69) is 4.98 Å². The van der Waals surface area contributed by atoms with Gasteiger partial charge in [-0.15, -0.1) is 0 Å². The van der Waals surface area contributed by atoms with Gasteiger partial charge in [-0.25, -0.2) is 9.78 Å². The number of ether oxygens (including phenoxy) is 1. The fraction of sp³-hybridized carbons (Fsp3) is 0.579. The smallest absolute Gasteiger partial charge is 0.410 e. The summed E-state index contributed by atoms with van der Waals surface area (Å²) in [6.07, 6.45) is 2.75. The minimum Gasteiger partial charge on any atom is -0.444 e. The molecule has 0 aliphatic carbocycles. The van der Waals surface area contributed by atoms with Crippen LogP contribution in [0.15, 0.2) is 24.3 Å². The van der Waals surface area contributed by atoms with Gasteiger partial charge < -0.3 is 19.3 Å². The number of aliphatic hydroxyl groups is 1. The summed E-state index contributed by atoms with van der Waals surface area (Å²) in [5, 5.41) is 9.69. The van der Waals surface area contributed by atoms with Crippen molar-refractivity contribution in [3.8, 4) is 0 Å². The van der Waals surface area contributed by atoms with E-state index in [1.807, 2.05) is 54.5 Å². The van der Waals surface area contributed by atoms with Crippen molar-refractivity contribution in [1.29, 1.82) is 0 Å². The maximum absolute atomic E-state index is 12.6. The summed E-state index contributed by atoms with van der Waals surface area (Å²) in [5.74, 6) is 0.635. The third kappa shape index (κ3) is 3.95. The first-order valence-corrected chi connectivity index (χ1v) is 8.93. The average molecular weight is 345 g/mol. The van der Waals surface area contributed by atoms with E-state index in [-0.39, 0.29) is 18.7 Å². The van der Waals surface area contributed by atoms with Gasteiger partial charge in [0.05, 0.1) is 17.1 Å². The number of nitrogens with zero attached hydrogens (tertiary/aromatic N) is 3. The molecule has 1 amide bonds. The van der Waals surface area contributed by atoms with Crippen LogP contribution in [0.25, 0.3) is 11.0 Å². The van der Waals surface area contributed by atoms with Crippen molar-refractivity contribution < 1.29 is 14.6 Å². The van der Waals surface area contributed by atoms with Gasteiger partial charge in [-0.2, -0.15) is 0 Å². The van der Waals surface area contributed by atoms with Crippen molar-refractivity contribution >= 4 is 17.1 Å². The molecule has 0 unspecified atom stereocenters. The summed E-state index contributed by atoms with van der Waals surface area (Å²) in [7, 11) is 0. The topological polar surface area (TPSA) is 67.6 Å². The van der Waals surface area contributed by atoms with Gasteiger partial charge in [-0.05, 0) is 52.2 Å². The second kappa shape index (κ2) is 7.04. The SMILES string of the molecule is CC(C)(C)OC(=O)N1CCCC[C@H]1Cn1c(CO)nc2ccccc21. The van der Waals surface area contributed by atoms with Crippen molar-refractivity contribution in [3.63, 3.8) is 0 Å². The standard InChI is InChI=1S/C19H27N3O3/c1-19(2,3)25-18(24)21-11-7-6-8-14(21)12-22-16-10-5-4-9-15(16)20-17(22)13-23/h4-5,9-10,14,23H,6-8,11-13H2,1-3H3/t14-/m0/s1. The van der Waals surface area contributed by atoms with Crippen LogP contribution in [0.3, 0.4) is 0 Å². The number of hydrogen-bond acceptors (Lipinski definition) is 4. The lowest BCUT2D eigenvalue weighted by atomic mass is 10.0. The number of amides is 1. The third-order valence-corrected chi connectivity index (χ3v) is 4.52. The number of carbonyl (C=O) groups is 1. The van der Waals surface area contributed by atoms with Crippen LogP contribution in [0.2, 0.25) is 0 Å². The molecule has 6 nitrogen and oxygen atoms in total. The predicted molar refractivity (Wildman–Crippen MR) is 96.2 cm³/mol. The minimum atomic E-state index is -0.503. The van der Waals surface area contributed by atoms with Crippen LogP contribution in [0.5, 0.6) is 0 Å². The molecule has 3 rings (SSSR count). The summed E-state index contributed by atoms with van der Waals surface area (Å²) < 4.78 is 7.61. The number of piperidine rings is 1. The highest BCUT2D eigenvalue weighted by molar-refractivity contribution is 5.76. The zero-order chi connectivity index (χ0) is 18.0. The number of para-hydroxylation sites is 2. The van der Waals surface area contributed by atoms with Crippen LogP contribution in [-0.2, 0) is 17.9 Å². The Morgan fingerprint density at radius 1 is 1.32 bits per heavy atom. The number of aliphatic hydroxyl groups excluding tert-OH is 1. The van der Waals surface area contributed by atoms with E-state index in [4.69, 9.17) is 4.74 Å². The van der Waals surface area contributed by atoms with Gasteiger partial charge in [0.2, 0.25) is 0 Å². The zero-order valence-electron chi connectivity index (χ0n) is 15.2. The fourth-order valence-electron chi connectivity index (χ4n) is 3.41. The molecule has 1 aliphatic rings. The summed E-state index contributed by atoms with van der Waals surface area (Å²) in [6, 6.07) is 7.90. The van der Waals surface area contributed by atoms with Gasteiger partial charge in [0.15, 0.2) is 0 Å². The van der Waals surface area contributed by atoms with Gasteiger partial charge in [-0.1, -0.05) is 12.1 Å². The Morgan fingerprint density at radius 3 is 2.80 bits per heavy atom. The van der Waals surface area contributed by atoms with Crippen LogP contribution in [0, 0.1) is 0 Å². The Bertz CT molecular complexity index is 748. The van der Waals surface area contributed by atoms with E-state index in [1.165, 1.54) is 0 Å². The average Bonchev–Trinajstić information content (AvgIpc) is 2.92. The van der Waals surface area contributed by atoms with Crippen LogP contribution in [0.1, 0.15) is 45.9 Å². The Labute approximate surface area is 148 Å². The number of benzene rings is 1. The largest absolute Gasteiger partial charge is 0.444 e. The van der Waals surface area contributed by atoms with Gasteiger partial charge >= 0.3 is 6.09 Å². The quantitative estimate of drug-likeness (QED) is 0.927. The molecule has 0 spiro atoms. The van der Waals surface area contributed by atoms with E-state index in [0.717, 1.165) is 30.3 Å². The number of aromatic nitrogens is 2. The second-order valence-electron chi connectivity index (χ2n) is 7.61.